The zero-order valence-corrected chi connectivity index (χ0v) is 15.9. The fraction of sp³-hybridized carbons (Fsp3) is 0.400. The molecule has 0 spiro atoms. The van der Waals surface area contributed by atoms with Gasteiger partial charge in [-0.2, -0.15) is 0 Å². The van der Waals surface area contributed by atoms with Crippen molar-refractivity contribution in [3.8, 4) is 0 Å². The van der Waals surface area contributed by atoms with E-state index in [1.165, 1.54) is 11.3 Å². The van der Waals surface area contributed by atoms with Crippen molar-refractivity contribution in [3.63, 3.8) is 0 Å². The summed E-state index contributed by atoms with van der Waals surface area (Å²) in [6, 6.07) is 10.0. The van der Waals surface area contributed by atoms with E-state index in [0.29, 0.717) is 23.1 Å². The van der Waals surface area contributed by atoms with E-state index in [1.54, 1.807) is 6.92 Å². The van der Waals surface area contributed by atoms with Gasteiger partial charge >= 0.3 is 5.97 Å². The molecule has 0 saturated heterocycles. The molecule has 6 heteroatoms. The third kappa shape index (κ3) is 4.51. The standard InChI is InChI=1S/C20H24N2O3S/c1-3-25-20(24)18-16(15-9-10-15)12-26-19(18)22-17(23)11-21-13(2)14-7-5-4-6-8-14/h4-8,12-13,15,21H,3,9-11H2,1-2H3,(H,22,23). The smallest absolute Gasteiger partial charge is 0.341 e. The van der Waals surface area contributed by atoms with E-state index in [4.69, 9.17) is 4.74 Å². The molecule has 0 bridgehead atoms. The van der Waals surface area contributed by atoms with Crippen LogP contribution in [0.1, 0.15) is 60.1 Å². The van der Waals surface area contributed by atoms with Gasteiger partial charge in [0.1, 0.15) is 5.00 Å². The summed E-state index contributed by atoms with van der Waals surface area (Å²) in [5.74, 6) is -0.0911. The van der Waals surface area contributed by atoms with Crippen LogP contribution in [-0.4, -0.2) is 25.0 Å². The second-order valence-electron chi connectivity index (χ2n) is 6.45. The molecule has 1 aromatic heterocycles. The van der Waals surface area contributed by atoms with Gasteiger partial charge in [0.05, 0.1) is 18.7 Å². The van der Waals surface area contributed by atoms with Gasteiger partial charge < -0.3 is 15.4 Å². The Morgan fingerprint density at radius 3 is 2.65 bits per heavy atom. The van der Waals surface area contributed by atoms with E-state index >= 15 is 0 Å². The summed E-state index contributed by atoms with van der Waals surface area (Å²) in [5, 5.41) is 8.65. The number of hydrogen-bond acceptors (Lipinski definition) is 5. The van der Waals surface area contributed by atoms with Crippen LogP contribution in [-0.2, 0) is 9.53 Å². The highest BCUT2D eigenvalue weighted by molar-refractivity contribution is 7.15. The van der Waals surface area contributed by atoms with E-state index in [9.17, 15) is 9.59 Å². The number of ether oxygens (including phenoxy) is 1. The molecule has 1 atom stereocenters. The molecule has 0 aliphatic heterocycles. The number of nitrogens with one attached hydrogen (secondary N) is 2. The number of amides is 1. The van der Waals surface area contributed by atoms with Crippen molar-refractivity contribution in [2.75, 3.05) is 18.5 Å². The first-order valence-electron chi connectivity index (χ1n) is 8.96. The third-order valence-electron chi connectivity index (χ3n) is 4.44. The lowest BCUT2D eigenvalue weighted by Crippen LogP contribution is -2.30. The van der Waals surface area contributed by atoms with Gasteiger partial charge in [0.25, 0.3) is 0 Å². The van der Waals surface area contributed by atoms with Crippen molar-refractivity contribution in [2.45, 2.75) is 38.6 Å². The Bertz CT molecular complexity index is 769. The SMILES string of the molecule is CCOC(=O)c1c(C2CC2)csc1NC(=O)CNC(C)c1ccccc1. The van der Waals surface area contributed by atoms with Crippen LogP contribution in [0.3, 0.4) is 0 Å². The normalized spacial score (nSPS) is 14.7. The molecular formula is C20H24N2O3S. The summed E-state index contributed by atoms with van der Waals surface area (Å²) in [6.07, 6.45) is 2.18. The Balaban J connectivity index is 1.63. The van der Waals surface area contributed by atoms with Crippen molar-refractivity contribution < 1.29 is 14.3 Å². The minimum absolute atomic E-state index is 0.0665. The van der Waals surface area contributed by atoms with Crippen LogP contribution >= 0.6 is 11.3 Å². The summed E-state index contributed by atoms with van der Waals surface area (Å²) in [6.45, 7) is 4.30. The van der Waals surface area contributed by atoms with Crippen molar-refractivity contribution in [1.82, 2.24) is 5.32 Å². The number of anilines is 1. The summed E-state index contributed by atoms with van der Waals surface area (Å²) >= 11 is 1.40. The molecule has 1 aromatic carbocycles. The number of carbonyl (C=O) groups excluding carboxylic acids is 2. The highest BCUT2D eigenvalue weighted by atomic mass is 32.1. The second-order valence-corrected chi connectivity index (χ2v) is 7.33. The Morgan fingerprint density at radius 1 is 1.27 bits per heavy atom. The lowest BCUT2D eigenvalue weighted by Gasteiger charge is -2.14. The topological polar surface area (TPSA) is 67.4 Å². The number of benzene rings is 1. The molecule has 2 aromatic rings. The molecule has 1 heterocycles. The molecule has 1 unspecified atom stereocenters. The zero-order valence-electron chi connectivity index (χ0n) is 15.1. The van der Waals surface area contributed by atoms with Crippen LogP contribution < -0.4 is 10.6 Å². The summed E-state index contributed by atoms with van der Waals surface area (Å²) in [5.41, 5.74) is 2.66. The maximum atomic E-state index is 12.4. The van der Waals surface area contributed by atoms with Crippen molar-refractivity contribution in [1.29, 1.82) is 0 Å². The van der Waals surface area contributed by atoms with Gasteiger partial charge in [-0.05, 0) is 49.1 Å². The van der Waals surface area contributed by atoms with Crippen LogP contribution in [0, 0.1) is 0 Å². The number of carbonyl (C=O) groups is 2. The van der Waals surface area contributed by atoms with Gasteiger partial charge in [0.2, 0.25) is 5.91 Å². The molecule has 1 saturated carbocycles. The van der Waals surface area contributed by atoms with Gasteiger partial charge in [-0.25, -0.2) is 4.79 Å². The minimum atomic E-state index is -0.350. The van der Waals surface area contributed by atoms with Crippen LogP contribution in [0.2, 0.25) is 0 Å². The molecule has 1 aliphatic carbocycles. The van der Waals surface area contributed by atoms with Crippen LogP contribution in [0.4, 0.5) is 5.00 Å². The Morgan fingerprint density at radius 2 is 2.00 bits per heavy atom. The summed E-state index contributed by atoms with van der Waals surface area (Å²) in [7, 11) is 0. The Labute approximate surface area is 157 Å². The fourth-order valence-corrected chi connectivity index (χ4v) is 3.89. The van der Waals surface area contributed by atoms with Crippen molar-refractivity contribution in [3.05, 3.63) is 52.4 Å². The lowest BCUT2D eigenvalue weighted by molar-refractivity contribution is -0.115. The molecule has 138 valence electrons. The summed E-state index contributed by atoms with van der Waals surface area (Å²) in [4.78, 5) is 24.7. The van der Waals surface area contributed by atoms with Gasteiger partial charge in [-0.1, -0.05) is 30.3 Å². The first kappa shape index (κ1) is 18.6. The van der Waals surface area contributed by atoms with Crippen LogP contribution in [0.25, 0.3) is 0 Å². The van der Waals surface area contributed by atoms with Gasteiger partial charge in [-0.3, -0.25) is 4.79 Å². The van der Waals surface area contributed by atoms with E-state index in [-0.39, 0.29) is 24.5 Å². The van der Waals surface area contributed by atoms with E-state index in [1.807, 2.05) is 42.6 Å². The second kappa shape index (κ2) is 8.47. The fourth-order valence-electron chi connectivity index (χ4n) is 2.85. The summed E-state index contributed by atoms with van der Waals surface area (Å²) < 4.78 is 5.18. The van der Waals surface area contributed by atoms with E-state index < -0.39 is 0 Å². The van der Waals surface area contributed by atoms with Crippen LogP contribution in [0.15, 0.2) is 35.7 Å². The highest BCUT2D eigenvalue weighted by Crippen LogP contribution is 2.46. The Hall–Kier alpha value is -2.18. The quantitative estimate of drug-likeness (QED) is 0.685. The average Bonchev–Trinajstić information content (AvgIpc) is 3.41. The van der Waals surface area contributed by atoms with E-state index in [0.717, 1.165) is 24.0 Å². The number of rotatable bonds is 8. The van der Waals surface area contributed by atoms with E-state index in [2.05, 4.69) is 10.6 Å². The maximum absolute atomic E-state index is 12.4. The third-order valence-corrected chi connectivity index (χ3v) is 5.35. The molecule has 1 aliphatic rings. The molecule has 1 amide bonds. The lowest BCUT2D eigenvalue weighted by atomic mass is 10.1. The first-order chi connectivity index (χ1) is 12.6. The highest BCUT2D eigenvalue weighted by Gasteiger charge is 2.32. The molecule has 3 rings (SSSR count). The predicted molar refractivity (Wildman–Crippen MR) is 104 cm³/mol. The molecule has 1 fully saturated rings. The zero-order chi connectivity index (χ0) is 18.5. The molecule has 2 N–H and O–H groups in total. The Kier molecular flexibility index (Phi) is 6.06. The van der Waals surface area contributed by atoms with Crippen molar-refractivity contribution in [2.24, 2.45) is 0 Å². The van der Waals surface area contributed by atoms with Crippen molar-refractivity contribution >= 4 is 28.2 Å². The van der Waals surface area contributed by atoms with Gasteiger partial charge in [0, 0.05) is 6.04 Å². The maximum Gasteiger partial charge on any atom is 0.341 e. The van der Waals surface area contributed by atoms with Gasteiger partial charge in [0.15, 0.2) is 0 Å². The molecule has 5 nitrogen and oxygen atoms in total. The largest absolute Gasteiger partial charge is 0.462 e. The number of thiophene rings is 1. The monoisotopic (exact) mass is 372 g/mol. The average molecular weight is 372 g/mol. The number of hydrogen-bond donors (Lipinski definition) is 2. The molecule has 26 heavy (non-hydrogen) atoms. The first-order valence-corrected chi connectivity index (χ1v) is 9.84. The minimum Gasteiger partial charge on any atom is -0.462 e. The van der Waals surface area contributed by atoms with Gasteiger partial charge in [-0.15, -0.1) is 11.3 Å². The molecule has 0 radical (unpaired) electrons. The molecular weight excluding hydrogens is 348 g/mol. The predicted octanol–water partition coefficient (Wildman–Crippen LogP) is 4.09. The number of esters is 1. The van der Waals surface area contributed by atoms with Crippen LogP contribution in [0.5, 0.6) is 0 Å².